The summed E-state index contributed by atoms with van der Waals surface area (Å²) in [6, 6.07) is 6.17. The molecule has 1 fully saturated rings. The molecule has 1 heterocycles. The van der Waals surface area contributed by atoms with Crippen molar-refractivity contribution in [3.05, 3.63) is 29.3 Å². The molecule has 0 bridgehead atoms. The van der Waals surface area contributed by atoms with Crippen LogP contribution in [0.1, 0.15) is 44.7 Å². The fourth-order valence-corrected chi connectivity index (χ4v) is 3.18. The first-order chi connectivity index (χ1) is 11.8. The summed E-state index contributed by atoms with van der Waals surface area (Å²) in [6.45, 7) is 14.9. The summed E-state index contributed by atoms with van der Waals surface area (Å²) in [5.74, 6) is 1.10. The Labute approximate surface area is 151 Å². The first kappa shape index (κ1) is 19.7. The Balaban J connectivity index is 1.85. The third-order valence-corrected chi connectivity index (χ3v) is 4.93. The Hall–Kier alpha value is -1.59. The van der Waals surface area contributed by atoms with Crippen molar-refractivity contribution in [2.24, 2.45) is 0 Å². The maximum atomic E-state index is 12.2. The SMILES string of the molecule is Cc1ccc(C(C)C)c(OCC(=O)NCC(C)(C)[NH+]2CCOCC2)c1. The zero-order valence-electron chi connectivity index (χ0n) is 16.3. The summed E-state index contributed by atoms with van der Waals surface area (Å²) in [4.78, 5) is 13.7. The van der Waals surface area contributed by atoms with Crippen molar-refractivity contribution in [2.75, 3.05) is 39.5 Å². The second kappa shape index (κ2) is 8.68. The molecular weight excluding hydrogens is 316 g/mol. The number of quaternary nitrogens is 1. The molecule has 2 N–H and O–H groups in total. The molecule has 5 nitrogen and oxygen atoms in total. The minimum absolute atomic E-state index is 0.00807. The van der Waals surface area contributed by atoms with Crippen LogP contribution in [0.2, 0.25) is 0 Å². The Morgan fingerprint density at radius 1 is 1.32 bits per heavy atom. The van der Waals surface area contributed by atoms with Crippen molar-refractivity contribution < 1.29 is 19.2 Å². The molecule has 1 aromatic carbocycles. The lowest BCUT2D eigenvalue weighted by molar-refractivity contribution is -0.954. The van der Waals surface area contributed by atoms with E-state index in [9.17, 15) is 4.79 Å². The number of carbonyl (C=O) groups is 1. The van der Waals surface area contributed by atoms with E-state index in [1.54, 1.807) is 0 Å². The smallest absolute Gasteiger partial charge is 0.258 e. The van der Waals surface area contributed by atoms with E-state index in [4.69, 9.17) is 9.47 Å². The topological polar surface area (TPSA) is 52.0 Å². The third-order valence-electron chi connectivity index (χ3n) is 4.93. The van der Waals surface area contributed by atoms with Crippen molar-refractivity contribution in [3.8, 4) is 5.75 Å². The predicted octanol–water partition coefficient (Wildman–Crippen LogP) is 1.31. The number of nitrogens with one attached hydrogen (secondary N) is 2. The van der Waals surface area contributed by atoms with Gasteiger partial charge < -0.3 is 19.7 Å². The predicted molar refractivity (Wildman–Crippen MR) is 99.4 cm³/mol. The molecule has 140 valence electrons. The number of hydrogen-bond acceptors (Lipinski definition) is 3. The molecule has 5 heteroatoms. The number of aryl methyl sites for hydroxylation is 1. The molecule has 0 atom stereocenters. The van der Waals surface area contributed by atoms with Gasteiger partial charge in [-0.15, -0.1) is 0 Å². The summed E-state index contributed by atoms with van der Waals surface area (Å²) in [6.07, 6.45) is 0. The summed E-state index contributed by atoms with van der Waals surface area (Å²) in [5.41, 5.74) is 2.26. The second-order valence-corrected chi connectivity index (χ2v) is 7.86. The van der Waals surface area contributed by atoms with Gasteiger partial charge in [0.15, 0.2) is 6.61 Å². The number of morpholine rings is 1. The summed E-state index contributed by atoms with van der Waals surface area (Å²) < 4.78 is 11.2. The van der Waals surface area contributed by atoms with Crippen LogP contribution in [-0.4, -0.2) is 50.9 Å². The van der Waals surface area contributed by atoms with E-state index in [1.807, 2.05) is 13.0 Å². The quantitative estimate of drug-likeness (QED) is 0.780. The van der Waals surface area contributed by atoms with Crippen LogP contribution in [0.5, 0.6) is 5.75 Å². The molecule has 1 saturated heterocycles. The zero-order valence-corrected chi connectivity index (χ0v) is 16.3. The van der Waals surface area contributed by atoms with Gasteiger partial charge in [-0.1, -0.05) is 26.0 Å². The monoisotopic (exact) mass is 349 g/mol. The van der Waals surface area contributed by atoms with E-state index in [0.29, 0.717) is 12.5 Å². The van der Waals surface area contributed by atoms with E-state index in [2.05, 4.69) is 45.1 Å². The average molecular weight is 349 g/mol. The highest BCUT2D eigenvalue weighted by atomic mass is 16.5. The molecule has 1 aromatic rings. The summed E-state index contributed by atoms with van der Waals surface area (Å²) >= 11 is 0. The molecule has 0 spiro atoms. The molecule has 0 saturated carbocycles. The third kappa shape index (κ3) is 5.72. The highest BCUT2D eigenvalue weighted by Crippen LogP contribution is 2.27. The molecule has 25 heavy (non-hydrogen) atoms. The van der Waals surface area contributed by atoms with E-state index in [0.717, 1.165) is 43.2 Å². The van der Waals surface area contributed by atoms with Gasteiger partial charge in [-0.05, 0) is 43.9 Å². The number of ether oxygens (including phenoxy) is 2. The number of hydrogen-bond donors (Lipinski definition) is 2. The van der Waals surface area contributed by atoms with Gasteiger partial charge in [-0.25, -0.2) is 0 Å². The molecule has 1 amide bonds. The van der Waals surface area contributed by atoms with Gasteiger partial charge in [0, 0.05) is 0 Å². The maximum Gasteiger partial charge on any atom is 0.258 e. The molecule has 1 aliphatic rings. The lowest BCUT2D eigenvalue weighted by Gasteiger charge is -2.37. The van der Waals surface area contributed by atoms with Gasteiger partial charge in [0.25, 0.3) is 5.91 Å². The van der Waals surface area contributed by atoms with Gasteiger partial charge in [0.2, 0.25) is 0 Å². The minimum Gasteiger partial charge on any atom is -0.483 e. The standard InChI is InChI=1S/C20H32N2O3/c1-15(2)17-7-6-16(3)12-18(17)25-13-19(23)21-14-20(4,5)22-8-10-24-11-9-22/h6-7,12,15H,8-11,13-14H2,1-5H3,(H,21,23)/p+1. The highest BCUT2D eigenvalue weighted by Gasteiger charge is 2.32. The van der Waals surface area contributed by atoms with E-state index < -0.39 is 0 Å². The number of benzene rings is 1. The molecule has 0 aromatic heterocycles. The van der Waals surface area contributed by atoms with Crippen molar-refractivity contribution in [1.82, 2.24) is 5.32 Å². The van der Waals surface area contributed by atoms with Crippen LogP contribution in [0.15, 0.2) is 18.2 Å². The molecule has 2 rings (SSSR count). The van der Waals surface area contributed by atoms with Crippen LogP contribution in [-0.2, 0) is 9.53 Å². The van der Waals surface area contributed by atoms with Crippen molar-refractivity contribution in [1.29, 1.82) is 0 Å². The van der Waals surface area contributed by atoms with Crippen LogP contribution < -0.4 is 15.0 Å². The first-order valence-corrected chi connectivity index (χ1v) is 9.22. The number of rotatable bonds is 7. The van der Waals surface area contributed by atoms with Crippen LogP contribution in [0, 0.1) is 6.92 Å². The van der Waals surface area contributed by atoms with E-state index in [1.165, 1.54) is 4.90 Å². The Kier molecular flexibility index (Phi) is 6.85. The molecular formula is C20H33N2O3+. The van der Waals surface area contributed by atoms with Gasteiger partial charge in [0.1, 0.15) is 24.4 Å². The van der Waals surface area contributed by atoms with Crippen molar-refractivity contribution in [2.45, 2.75) is 46.1 Å². The van der Waals surface area contributed by atoms with Crippen molar-refractivity contribution >= 4 is 5.91 Å². The van der Waals surface area contributed by atoms with Crippen LogP contribution in [0.4, 0.5) is 0 Å². The number of carbonyl (C=O) groups excluding carboxylic acids is 1. The van der Waals surface area contributed by atoms with Crippen molar-refractivity contribution in [3.63, 3.8) is 0 Å². The lowest BCUT2D eigenvalue weighted by Crippen LogP contribution is -3.22. The second-order valence-electron chi connectivity index (χ2n) is 7.86. The fourth-order valence-electron chi connectivity index (χ4n) is 3.18. The summed E-state index contributed by atoms with van der Waals surface area (Å²) in [7, 11) is 0. The average Bonchev–Trinajstić information content (AvgIpc) is 2.59. The Morgan fingerprint density at radius 3 is 2.64 bits per heavy atom. The molecule has 1 aliphatic heterocycles. The minimum atomic E-state index is -0.0723. The van der Waals surface area contributed by atoms with Crippen LogP contribution in [0.25, 0.3) is 0 Å². The van der Waals surface area contributed by atoms with Gasteiger partial charge in [-0.2, -0.15) is 0 Å². The van der Waals surface area contributed by atoms with Gasteiger partial charge in [0.05, 0.1) is 19.8 Å². The van der Waals surface area contributed by atoms with Gasteiger partial charge in [-0.3, -0.25) is 4.79 Å². The van der Waals surface area contributed by atoms with Gasteiger partial charge >= 0.3 is 0 Å². The largest absolute Gasteiger partial charge is 0.483 e. The molecule has 0 unspecified atom stereocenters. The molecule has 0 aliphatic carbocycles. The van der Waals surface area contributed by atoms with Crippen LogP contribution >= 0.6 is 0 Å². The fraction of sp³-hybridized carbons (Fsp3) is 0.650. The maximum absolute atomic E-state index is 12.2. The highest BCUT2D eigenvalue weighted by molar-refractivity contribution is 5.77. The van der Waals surface area contributed by atoms with E-state index in [-0.39, 0.29) is 18.1 Å². The molecule has 0 radical (unpaired) electrons. The lowest BCUT2D eigenvalue weighted by atomic mass is 10.0. The van der Waals surface area contributed by atoms with Crippen LogP contribution in [0.3, 0.4) is 0 Å². The zero-order chi connectivity index (χ0) is 18.4. The normalized spacial score (nSPS) is 16.1. The Bertz CT molecular complexity index is 578. The summed E-state index contributed by atoms with van der Waals surface area (Å²) in [5, 5.41) is 3.03. The first-order valence-electron chi connectivity index (χ1n) is 9.22. The van der Waals surface area contributed by atoms with E-state index >= 15 is 0 Å². The number of amides is 1. The Morgan fingerprint density at radius 2 is 2.00 bits per heavy atom.